The molecule has 1 saturated heterocycles. The second-order valence-electron chi connectivity index (χ2n) is 10.6. The van der Waals surface area contributed by atoms with Crippen LogP contribution in [0.1, 0.15) is 97.3 Å². The first-order valence-electron chi connectivity index (χ1n) is 12.5. The summed E-state index contributed by atoms with van der Waals surface area (Å²) < 4.78 is 9.45. The van der Waals surface area contributed by atoms with Gasteiger partial charge in [-0.15, -0.1) is 0 Å². The summed E-state index contributed by atoms with van der Waals surface area (Å²) in [6.45, 7) is 5.44. The van der Waals surface area contributed by atoms with E-state index in [1.165, 1.54) is 83.5 Å². The molecule has 3 nitrogen and oxygen atoms in total. The third kappa shape index (κ3) is 3.68. The summed E-state index contributed by atoms with van der Waals surface area (Å²) in [6, 6.07) is 1.78. The molecule has 4 heteroatoms. The Bertz CT molecular complexity index is 549. The van der Waals surface area contributed by atoms with E-state index in [4.69, 9.17) is 9.73 Å². The Morgan fingerprint density at radius 3 is 2.11 bits per heavy atom. The van der Waals surface area contributed by atoms with Crippen molar-refractivity contribution >= 4 is 14.0 Å². The monoisotopic (exact) mass is 404 g/mol. The smallest absolute Gasteiger partial charge is 0.202 e. The van der Waals surface area contributed by atoms with E-state index in [0.29, 0.717) is 18.0 Å². The summed E-state index contributed by atoms with van der Waals surface area (Å²) in [6.07, 6.45) is 19.2. The number of hydrogen-bond donors (Lipinski definition) is 0. The predicted octanol–water partition coefficient (Wildman–Crippen LogP) is 6.35. The Balaban J connectivity index is 1.44. The molecule has 2 heterocycles. The van der Waals surface area contributed by atoms with Gasteiger partial charge in [-0.1, -0.05) is 52.4 Å². The molecule has 5 rings (SSSR count). The first-order chi connectivity index (χ1) is 13.7. The number of rotatable bonds is 5. The van der Waals surface area contributed by atoms with E-state index in [0.717, 1.165) is 35.8 Å². The van der Waals surface area contributed by atoms with E-state index in [1.54, 1.807) is 0 Å². The molecule has 2 aliphatic heterocycles. The SMILES string of the molecule is CC(C)[C@H]1COC([C@H]2[C@@H]3CC[C@@H](C3)N2P(C2CCCCC2)C2CCCCC2)=N1. The summed E-state index contributed by atoms with van der Waals surface area (Å²) in [5, 5.41) is 0. The first-order valence-corrected chi connectivity index (χ1v) is 13.9. The molecular formula is C24H41N2OP. The molecule has 28 heavy (non-hydrogen) atoms. The van der Waals surface area contributed by atoms with Crippen LogP contribution in [0.5, 0.6) is 0 Å². The van der Waals surface area contributed by atoms with Gasteiger partial charge in [-0.05, 0) is 76.2 Å². The van der Waals surface area contributed by atoms with Gasteiger partial charge in [0, 0.05) is 6.04 Å². The summed E-state index contributed by atoms with van der Waals surface area (Å²) in [7, 11) is -0.0254. The quantitative estimate of drug-likeness (QED) is 0.498. The van der Waals surface area contributed by atoms with Crippen LogP contribution in [0.15, 0.2) is 4.99 Å². The molecule has 0 radical (unpaired) electrons. The molecule has 0 spiro atoms. The van der Waals surface area contributed by atoms with Crippen LogP contribution >= 0.6 is 8.07 Å². The minimum atomic E-state index is -0.0254. The first kappa shape index (κ1) is 19.8. The largest absolute Gasteiger partial charge is 0.478 e. The van der Waals surface area contributed by atoms with Crippen molar-refractivity contribution in [1.29, 1.82) is 0 Å². The molecule has 0 amide bonds. The summed E-state index contributed by atoms with van der Waals surface area (Å²) >= 11 is 0. The topological polar surface area (TPSA) is 24.8 Å². The molecule has 0 aromatic carbocycles. The lowest BCUT2D eigenvalue weighted by molar-refractivity contribution is 0.236. The maximum Gasteiger partial charge on any atom is 0.202 e. The molecule has 0 aromatic heterocycles. The van der Waals surface area contributed by atoms with E-state index in [2.05, 4.69) is 18.5 Å². The van der Waals surface area contributed by atoms with Crippen molar-refractivity contribution in [2.24, 2.45) is 16.8 Å². The van der Waals surface area contributed by atoms with Crippen LogP contribution < -0.4 is 0 Å². The van der Waals surface area contributed by atoms with Gasteiger partial charge in [0.15, 0.2) is 0 Å². The summed E-state index contributed by atoms with van der Waals surface area (Å²) in [5.41, 5.74) is 1.99. The van der Waals surface area contributed by atoms with Crippen molar-refractivity contribution in [3.63, 3.8) is 0 Å². The van der Waals surface area contributed by atoms with E-state index in [1.807, 2.05) is 0 Å². The van der Waals surface area contributed by atoms with Crippen molar-refractivity contribution in [3.8, 4) is 0 Å². The maximum absolute atomic E-state index is 6.34. The summed E-state index contributed by atoms with van der Waals surface area (Å²) in [5.74, 6) is 2.58. The zero-order chi connectivity index (χ0) is 19.1. The van der Waals surface area contributed by atoms with Crippen LogP contribution in [0.25, 0.3) is 0 Å². The van der Waals surface area contributed by atoms with Crippen molar-refractivity contribution in [3.05, 3.63) is 0 Å². The average Bonchev–Trinajstić information content (AvgIpc) is 3.46. The van der Waals surface area contributed by atoms with Crippen molar-refractivity contribution < 1.29 is 4.74 Å². The lowest BCUT2D eigenvalue weighted by atomic mass is 9.99. The average molecular weight is 405 g/mol. The third-order valence-corrected chi connectivity index (χ3v) is 12.1. The summed E-state index contributed by atoms with van der Waals surface area (Å²) in [4.78, 5) is 5.17. The molecule has 3 aliphatic carbocycles. The van der Waals surface area contributed by atoms with Crippen LogP contribution in [-0.4, -0.2) is 46.6 Å². The fourth-order valence-electron chi connectivity index (χ4n) is 6.89. The molecule has 5 aliphatic rings. The molecule has 2 bridgehead atoms. The standard InChI is InChI=1S/C24H41N2OP/c1-17(2)22-16-27-24(25-22)23-18-13-14-19(15-18)26(23)28(20-9-5-3-6-10-20)21-11-7-4-8-12-21/h17-23H,3-16H2,1-2H3/t18-,19+,22-,23-/m1/s1. The highest BCUT2D eigenvalue weighted by Gasteiger charge is 2.54. The van der Waals surface area contributed by atoms with Crippen molar-refractivity contribution in [1.82, 2.24) is 4.67 Å². The number of ether oxygens (including phenoxy) is 1. The maximum atomic E-state index is 6.34. The van der Waals surface area contributed by atoms with Crippen LogP contribution in [0, 0.1) is 11.8 Å². The Labute approximate surface area is 173 Å². The van der Waals surface area contributed by atoms with Crippen LogP contribution in [0.4, 0.5) is 0 Å². The van der Waals surface area contributed by atoms with Gasteiger partial charge in [0.25, 0.3) is 0 Å². The van der Waals surface area contributed by atoms with Gasteiger partial charge < -0.3 is 4.74 Å². The molecule has 0 unspecified atom stereocenters. The normalized spacial score (nSPS) is 37.8. The van der Waals surface area contributed by atoms with Gasteiger partial charge in [-0.25, -0.2) is 4.99 Å². The molecular weight excluding hydrogens is 363 g/mol. The Hall–Kier alpha value is -0.140. The highest BCUT2D eigenvalue weighted by molar-refractivity contribution is 7.56. The predicted molar refractivity (Wildman–Crippen MR) is 119 cm³/mol. The van der Waals surface area contributed by atoms with Crippen molar-refractivity contribution in [2.45, 2.75) is 127 Å². The highest BCUT2D eigenvalue weighted by Crippen LogP contribution is 2.64. The molecule has 0 aromatic rings. The Kier molecular flexibility index (Phi) is 6.04. The Morgan fingerprint density at radius 1 is 0.893 bits per heavy atom. The highest BCUT2D eigenvalue weighted by atomic mass is 31.1. The van der Waals surface area contributed by atoms with Gasteiger partial charge in [0.05, 0.1) is 12.1 Å². The number of nitrogens with zero attached hydrogens (tertiary/aromatic N) is 2. The molecule has 3 saturated carbocycles. The van der Waals surface area contributed by atoms with Gasteiger partial charge in [0.2, 0.25) is 5.90 Å². The lowest BCUT2D eigenvalue weighted by Gasteiger charge is -2.49. The zero-order valence-corrected chi connectivity index (χ0v) is 19.1. The fraction of sp³-hybridized carbons (Fsp3) is 0.958. The number of hydrogen-bond acceptors (Lipinski definition) is 3. The lowest BCUT2D eigenvalue weighted by Crippen LogP contribution is -2.46. The van der Waals surface area contributed by atoms with E-state index in [9.17, 15) is 0 Å². The van der Waals surface area contributed by atoms with Crippen molar-refractivity contribution in [2.75, 3.05) is 6.61 Å². The third-order valence-electron chi connectivity index (χ3n) is 8.43. The number of aliphatic imine (C=N–C) groups is 1. The Morgan fingerprint density at radius 2 is 1.54 bits per heavy atom. The zero-order valence-electron chi connectivity index (χ0n) is 18.2. The van der Waals surface area contributed by atoms with Crippen LogP contribution in [0.3, 0.4) is 0 Å². The van der Waals surface area contributed by atoms with Gasteiger partial charge in [-0.3, -0.25) is 4.67 Å². The van der Waals surface area contributed by atoms with E-state index < -0.39 is 0 Å². The number of piperidine rings is 1. The molecule has 158 valence electrons. The minimum Gasteiger partial charge on any atom is -0.478 e. The van der Waals surface area contributed by atoms with Gasteiger partial charge in [-0.2, -0.15) is 0 Å². The molecule has 4 atom stereocenters. The van der Waals surface area contributed by atoms with E-state index in [-0.39, 0.29) is 8.07 Å². The van der Waals surface area contributed by atoms with Gasteiger partial charge in [0.1, 0.15) is 6.61 Å². The minimum absolute atomic E-state index is 0.0254. The molecule has 0 N–H and O–H groups in total. The second kappa shape index (κ2) is 8.54. The molecule has 4 fully saturated rings. The number of fused-ring (bicyclic) bond motifs is 2. The van der Waals surface area contributed by atoms with Crippen LogP contribution in [0.2, 0.25) is 0 Å². The van der Waals surface area contributed by atoms with Crippen LogP contribution in [-0.2, 0) is 4.74 Å². The van der Waals surface area contributed by atoms with Gasteiger partial charge >= 0.3 is 0 Å². The van der Waals surface area contributed by atoms with E-state index >= 15 is 0 Å². The second-order valence-corrected chi connectivity index (χ2v) is 13.3. The fourth-order valence-corrected chi connectivity index (χ4v) is 11.2.